The zero-order chi connectivity index (χ0) is 12.9. The Bertz CT molecular complexity index is 461. The van der Waals surface area contributed by atoms with E-state index in [1.807, 2.05) is 6.92 Å². The number of aryl methyl sites for hydroxylation is 1. The van der Waals surface area contributed by atoms with Gasteiger partial charge < -0.3 is 4.74 Å². The van der Waals surface area contributed by atoms with E-state index in [0.29, 0.717) is 6.61 Å². The van der Waals surface area contributed by atoms with Crippen LogP contribution in [0.3, 0.4) is 0 Å². The second kappa shape index (κ2) is 6.32. The fourth-order valence-corrected chi connectivity index (χ4v) is 2.28. The highest BCUT2D eigenvalue weighted by atomic mass is 35.7. The molecule has 0 N–H and O–H groups in total. The summed E-state index contributed by atoms with van der Waals surface area (Å²) in [5.41, 5.74) is 0.210. The van der Waals surface area contributed by atoms with Gasteiger partial charge in [-0.15, -0.1) is 0 Å². The van der Waals surface area contributed by atoms with Gasteiger partial charge in [-0.05, 0) is 6.42 Å². The lowest BCUT2D eigenvalue weighted by molar-refractivity contribution is 0.117. The molecule has 1 aromatic heterocycles. The van der Waals surface area contributed by atoms with Crippen LogP contribution >= 0.6 is 10.7 Å². The lowest BCUT2D eigenvalue weighted by Gasteiger charge is -2.00. The molecule has 1 heterocycles. The maximum absolute atomic E-state index is 12.1. The summed E-state index contributed by atoms with van der Waals surface area (Å²) >= 11 is 0. The molecule has 5 nitrogen and oxygen atoms in total. The van der Waals surface area contributed by atoms with E-state index in [1.165, 1.54) is 10.9 Å². The molecule has 8 heteroatoms. The van der Waals surface area contributed by atoms with Crippen LogP contribution in [0.25, 0.3) is 0 Å². The van der Waals surface area contributed by atoms with Crippen molar-refractivity contribution in [2.45, 2.75) is 31.4 Å². The molecule has 0 bridgehead atoms. The van der Waals surface area contributed by atoms with Crippen molar-refractivity contribution in [3.05, 3.63) is 11.9 Å². The summed E-state index contributed by atoms with van der Waals surface area (Å²) in [6, 6.07) is 0. The van der Waals surface area contributed by atoms with E-state index in [-0.39, 0.29) is 23.7 Å². The largest absolute Gasteiger partial charge is 0.375 e. The molecule has 0 aliphatic carbocycles. The summed E-state index contributed by atoms with van der Waals surface area (Å²) < 4.78 is 41.1. The number of hydrogen-bond acceptors (Lipinski definition) is 4. The molecule has 0 radical (unpaired) electrons. The first-order chi connectivity index (χ1) is 7.99. The van der Waals surface area contributed by atoms with Gasteiger partial charge in [0.2, 0.25) is 0 Å². The summed E-state index contributed by atoms with van der Waals surface area (Å²) in [5, 5.41) is 3.93. The predicted molar refractivity (Wildman–Crippen MR) is 61.2 cm³/mol. The number of halogens is 2. The van der Waals surface area contributed by atoms with E-state index in [0.717, 1.165) is 6.42 Å². The Morgan fingerprint density at radius 2 is 2.29 bits per heavy atom. The first-order valence-electron chi connectivity index (χ1n) is 5.13. The Morgan fingerprint density at radius 3 is 2.82 bits per heavy atom. The van der Waals surface area contributed by atoms with Crippen molar-refractivity contribution in [3.8, 4) is 0 Å². The fraction of sp³-hybridized carbons (Fsp3) is 0.667. The number of alkyl halides is 1. The van der Waals surface area contributed by atoms with Crippen molar-refractivity contribution >= 4 is 19.7 Å². The van der Waals surface area contributed by atoms with E-state index in [4.69, 9.17) is 15.4 Å². The maximum Gasteiger partial charge on any atom is 0.264 e. The molecule has 0 saturated heterocycles. The van der Waals surface area contributed by atoms with Crippen molar-refractivity contribution < 1.29 is 17.5 Å². The highest BCUT2D eigenvalue weighted by molar-refractivity contribution is 8.13. The fourth-order valence-electron chi connectivity index (χ4n) is 1.26. The van der Waals surface area contributed by atoms with E-state index < -0.39 is 15.7 Å². The zero-order valence-corrected chi connectivity index (χ0v) is 11.0. The van der Waals surface area contributed by atoms with Gasteiger partial charge in [-0.3, -0.25) is 4.68 Å². The van der Waals surface area contributed by atoms with Crippen LogP contribution in [-0.4, -0.2) is 31.5 Å². The summed E-state index contributed by atoms with van der Waals surface area (Å²) in [7, 11) is 1.38. The van der Waals surface area contributed by atoms with E-state index in [1.54, 1.807) is 0 Å². The smallest absolute Gasteiger partial charge is 0.264 e. The van der Waals surface area contributed by atoms with Crippen molar-refractivity contribution in [3.63, 3.8) is 0 Å². The minimum absolute atomic E-state index is 0.00676. The molecule has 0 fully saturated rings. The molecule has 0 aliphatic heterocycles. The lowest BCUT2D eigenvalue weighted by atomic mass is 10.4. The number of rotatable bonds is 7. The third-order valence-electron chi connectivity index (χ3n) is 1.96. The second-order valence-corrected chi connectivity index (χ2v) is 5.92. The molecule has 0 atom stereocenters. The maximum atomic E-state index is 12.1. The average molecular weight is 285 g/mol. The van der Waals surface area contributed by atoms with Crippen LogP contribution in [0.4, 0.5) is 4.39 Å². The summed E-state index contributed by atoms with van der Waals surface area (Å²) in [6.07, 6.45) is 2.03. The Balaban J connectivity index is 2.92. The number of aromatic nitrogens is 2. The van der Waals surface area contributed by atoms with Gasteiger partial charge in [0.25, 0.3) is 9.05 Å². The highest BCUT2D eigenvalue weighted by Gasteiger charge is 2.20. The summed E-state index contributed by atoms with van der Waals surface area (Å²) in [5.74, 6) is 0. The standard InChI is InChI=1S/C9H14ClFN2O3S/c1-2-5-16-7-8-9(17(10,14)15)6-13(12-8)4-3-11/h6H,2-5,7H2,1H3. The molecule has 0 aromatic carbocycles. The van der Waals surface area contributed by atoms with Crippen LogP contribution < -0.4 is 0 Å². The van der Waals surface area contributed by atoms with E-state index in [2.05, 4.69) is 5.10 Å². The highest BCUT2D eigenvalue weighted by Crippen LogP contribution is 2.19. The van der Waals surface area contributed by atoms with Gasteiger partial charge in [-0.25, -0.2) is 12.8 Å². The number of hydrogen-bond donors (Lipinski definition) is 0. The van der Waals surface area contributed by atoms with Gasteiger partial charge in [0, 0.05) is 23.5 Å². The van der Waals surface area contributed by atoms with Gasteiger partial charge in [0.1, 0.15) is 17.3 Å². The van der Waals surface area contributed by atoms with E-state index >= 15 is 0 Å². The molecular formula is C9H14ClFN2O3S. The van der Waals surface area contributed by atoms with Gasteiger partial charge in [-0.1, -0.05) is 6.92 Å². The Hall–Kier alpha value is -0.660. The quantitative estimate of drug-likeness (QED) is 0.565. The van der Waals surface area contributed by atoms with Crippen molar-refractivity contribution in [2.24, 2.45) is 0 Å². The zero-order valence-electron chi connectivity index (χ0n) is 9.40. The molecule has 0 spiro atoms. The second-order valence-electron chi connectivity index (χ2n) is 3.38. The Labute approximate surface area is 104 Å². The van der Waals surface area contributed by atoms with Gasteiger partial charge in [-0.2, -0.15) is 5.10 Å². The van der Waals surface area contributed by atoms with Gasteiger partial charge in [0.15, 0.2) is 0 Å². The molecule has 0 amide bonds. The molecule has 0 aliphatic rings. The van der Waals surface area contributed by atoms with Crippen LogP contribution in [0.15, 0.2) is 11.1 Å². The van der Waals surface area contributed by atoms with Crippen LogP contribution in [0.5, 0.6) is 0 Å². The topological polar surface area (TPSA) is 61.2 Å². The molecule has 17 heavy (non-hydrogen) atoms. The summed E-state index contributed by atoms with van der Waals surface area (Å²) in [6.45, 7) is 1.85. The minimum atomic E-state index is -3.88. The van der Waals surface area contributed by atoms with Crippen LogP contribution in [0.1, 0.15) is 19.0 Å². The lowest BCUT2D eigenvalue weighted by Crippen LogP contribution is -2.02. The Morgan fingerprint density at radius 1 is 1.59 bits per heavy atom. The molecule has 0 saturated carbocycles. The first-order valence-corrected chi connectivity index (χ1v) is 7.44. The first kappa shape index (κ1) is 14.4. The van der Waals surface area contributed by atoms with Crippen LogP contribution in [-0.2, 0) is 26.9 Å². The third kappa shape index (κ3) is 4.25. The molecule has 1 rings (SSSR count). The molecule has 0 unspecified atom stereocenters. The minimum Gasteiger partial charge on any atom is -0.375 e. The van der Waals surface area contributed by atoms with E-state index in [9.17, 15) is 12.8 Å². The molecule has 1 aromatic rings. The van der Waals surface area contributed by atoms with Crippen LogP contribution in [0, 0.1) is 0 Å². The predicted octanol–water partition coefficient (Wildman–Crippen LogP) is 1.71. The normalized spacial score (nSPS) is 11.9. The molecule has 98 valence electrons. The Kier molecular flexibility index (Phi) is 5.35. The summed E-state index contributed by atoms with van der Waals surface area (Å²) in [4.78, 5) is -0.122. The monoisotopic (exact) mass is 284 g/mol. The third-order valence-corrected chi connectivity index (χ3v) is 3.33. The van der Waals surface area contributed by atoms with Crippen molar-refractivity contribution in [1.29, 1.82) is 0 Å². The SMILES string of the molecule is CCCOCc1nn(CCF)cc1S(=O)(=O)Cl. The number of nitrogens with zero attached hydrogens (tertiary/aromatic N) is 2. The molecular weight excluding hydrogens is 271 g/mol. The van der Waals surface area contributed by atoms with Crippen molar-refractivity contribution in [1.82, 2.24) is 9.78 Å². The van der Waals surface area contributed by atoms with Gasteiger partial charge in [0.05, 0.1) is 13.2 Å². The van der Waals surface area contributed by atoms with Crippen molar-refractivity contribution in [2.75, 3.05) is 13.3 Å². The number of ether oxygens (including phenoxy) is 1. The van der Waals surface area contributed by atoms with Crippen LogP contribution in [0.2, 0.25) is 0 Å². The van der Waals surface area contributed by atoms with Gasteiger partial charge >= 0.3 is 0 Å². The average Bonchev–Trinajstić information content (AvgIpc) is 2.62.